The zero-order valence-electron chi connectivity index (χ0n) is 17.9. The highest BCUT2D eigenvalue weighted by molar-refractivity contribution is 6.09. The van der Waals surface area contributed by atoms with Gasteiger partial charge in [-0.15, -0.1) is 0 Å². The Labute approximate surface area is 178 Å². The van der Waals surface area contributed by atoms with E-state index in [2.05, 4.69) is 31.3 Å². The van der Waals surface area contributed by atoms with Crippen LogP contribution in [0, 0.1) is 18.3 Å². The van der Waals surface area contributed by atoms with Gasteiger partial charge in [0.1, 0.15) is 23.4 Å². The number of aromatic nitrogens is 3. The number of alkyl halides is 3. The fourth-order valence-corrected chi connectivity index (χ4v) is 3.02. The molecule has 0 aliphatic heterocycles. The smallest absolute Gasteiger partial charge is 0.345 e. The van der Waals surface area contributed by atoms with Crippen LogP contribution in [0.25, 0.3) is 22.2 Å². The van der Waals surface area contributed by atoms with Crippen LogP contribution in [0.15, 0.2) is 47.4 Å². The van der Waals surface area contributed by atoms with E-state index in [0.717, 1.165) is 11.6 Å². The average molecular weight is 428 g/mol. The number of aliphatic imine (C=N–C) groups is 1. The Morgan fingerprint density at radius 1 is 1.26 bits per heavy atom. The highest BCUT2D eigenvalue weighted by atomic mass is 19.4. The van der Waals surface area contributed by atoms with Crippen molar-refractivity contribution in [2.24, 2.45) is 4.99 Å². The Bertz CT molecular complexity index is 1170. The summed E-state index contributed by atoms with van der Waals surface area (Å²) >= 11 is 0. The monoisotopic (exact) mass is 428 g/mol. The van der Waals surface area contributed by atoms with Gasteiger partial charge in [0.25, 0.3) is 0 Å². The third-order valence-corrected chi connectivity index (χ3v) is 4.27. The summed E-state index contributed by atoms with van der Waals surface area (Å²) in [5, 5.41) is 12.6. The Balaban J connectivity index is 0.00000166. The van der Waals surface area contributed by atoms with E-state index < -0.39 is 11.7 Å². The predicted molar refractivity (Wildman–Crippen MR) is 117 cm³/mol. The van der Waals surface area contributed by atoms with Gasteiger partial charge in [-0.05, 0) is 37.1 Å². The molecular formula is C22H23F3N6. The number of aromatic amines is 1. The third kappa shape index (κ3) is 5.09. The first-order valence-electron chi connectivity index (χ1n) is 9.60. The fourth-order valence-electron chi connectivity index (χ4n) is 3.02. The van der Waals surface area contributed by atoms with Gasteiger partial charge >= 0.3 is 6.18 Å². The molecule has 9 heteroatoms. The number of allylic oxidation sites excluding steroid dienone is 1. The summed E-state index contributed by atoms with van der Waals surface area (Å²) < 4.78 is 39.9. The van der Waals surface area contributed by atoms with Crippen LogP contribution >= 0.6 is 0 Å². The lowest BCUT2D eigenvalue weighted by atomic mass is 10.0. The van der Waals surface area contributed by atoms with Crippen molar-refractivity contribution in [3.8, 4) is 17.2 Å². The van der Waals surface area contributed by atoms with E-state index >= 15 is 0 Å². The van der Waals surface area contributed by atoms with Crippen molar-refractivity contribution in [1.29, 1.82) is 5.26 Å². The molecule has 0 aliphatic carbocycles. The molecule has 6 nitrogen and oxygen atoms in total. The molecule has 0 spiro atoms. The highest BCUT2D eigenvalue weighted by Crippen LogP contribution is 2.33. The number of nitrogens with one attached hydrogen (secondary N) is 2. The van der Waals surface area contributed by atoms with Crippen LogP contribution in [0.5, 0.6) is 0 Å². The van der Waals surface area contributed by atoms with Crippen LogP contribution in [-0.4, -0.2) is 34.0 Å². The summed E-state index contributed by atoms with van der Waals surface area (Å²) in [6, 6.07) is 5.56. The van der Waals surface area contributed by atoms with Crippen molar-refractivity contribution in [2.75, 3.05) is 12.4 Å². The van der Waals surface area contributed by atoms with E-state index in [1.54, 1.807) is 18.5 Å². The normalized spacial score (nSPS) is 12.2. The molecule has 0 saturated carbocycles. The lowest BCUT2D eigenvalue weighted by Crippen LogP contribution is -2.26. The molecule has 0 unspecified atom stereocenters. The van der Waals surface area contributed by atoms with Gasteiger partial charge in [0, 0.05) is 36.6 Å². The Kier molecular flexibility index (Phi) is 7.53. The second-order valence-electron chi connectivity index (χ2n) is 6.24. The van der Waals surface area contributed by atoms with Gasteiger partial charge in [0.05, 0.1) is 11.1 Å². The number of hydrogen-bond acceptors (Lipinski definition) is 4. The van der Waals surface area contributed by atoms with Crippen molar-refractivity contribution < 1.29 is 13.2 Å². The molecule has 3 rings (SSSR count). The van der Waals surface area contributed by atoms with E-state index in [4.69, 9.17) is 0 Å². The van der Waals surface area contributed by atoms with Crippen LogP contribution in [0.2, 0.25) is 0 Å². The molecular weight excluding hydrogens is 405 g/mol. The first kappa shape index (κ1) is 23.6. The minimum Gasteiger partial charge on any atom is -0.345 e. The maximum absolute atomic E-state index is 13.3. The van der Waals surface area contributed by atoms with Crippen molar-refractivity contribution in [3.05, 3.63) is 53.5 Å². The molecule has 0 amide bonds. The number of hydrogen-bond donors (Lipinski definition) is 2. The molecule has 0 radical (unpaired) electrons. The van der Waals surface area contributed by atoms with Crippen LogP contribution in [0.1, 0.15) is 31.9 Å². The molecule has 3 aromatic heterocycles. The van der Waals surface area contributed by atoms with Crippen molar-refractivity contribution in [2.45, 2.75) is 33.9 Å². The molecule has 3 heterocycles. The number of H-pyrrole nitrogens is 1. The zero-order valence-corrected chi connectivity index (χ0v) is 17.9. The summed E-state index contributed by atoms with van der Waals surface area (Å²) in [6.45, 7) is 7.17. The van der Waals surface area contributed by atoms with Crippen LogP contribution in [0.4, 0.5) is 19.0 Å². The minimum atomic E-state index is -4.57. The summed E-state index contributed by atoms with van der Waals surface area (Å²) in [7, 11) is 1.27. The highest BCUT2D eigenvalue weighted by Gasteiger charge is 2.36. The molecule has 0 bridgehead atoms. The standard InChI is InChI=1S/C20H17F3N6.C2H6/c1-4-15(20(21,22)23)18(25-3)28-16-6-14(12-5-11(2)8-26-9-12)17-13(7-24)10-27-19(17)29-16;1-2/h4-6,8-10H,1-3H3,(H2,25,27,28,29);1-2H3/b15-4+;. The number of aryl methyl sites for hydroxylation is 1. The molecule has 0 aromatic carbocycles. The topological polar surface area (TPSA) is 89.8 Å². The van der Waals surface area contributed by atoms with Gasteiger partial charge in [-0.2, -0.15) is 18.4 Å². The van der Waals surface area contributed by atoms with Gasteiger partial charge < -0.3 is 10.3 Å². The van der Waals surface area contributed by atoms with Crippen molar-refractivity contribution >= 4 is 22.7 Å². The predicted octanol–water partition coefficient (Wildman–Crippen LogP) is 5.78. The molecule has 3 aromatic rings. The number of amidine groups is 1. The summed E-state index contributed by atoms with van der Waals surface area (Å²) in [5.41, 5.74) is 2.09. The number of fused-ring (bicyclic) bond motifs is 1. The molecule has 0 aliphatic rings. The third-order valence-electron chi connectivity index (χ3n) is 4.27. The zero-order chi connectivity index (χ0) is 23.2. The lowest BCUT2D eigenvalue weighted by Gasteiger charge is -2.16. The quantitative estimate of drug-likeness (QED) is 0.409. The Morgan fingerprint density at radius 3 is 2.52 bits per heavy atom. The summed E-state index contributed by atoms with van der Waals surface area (Å²) in [6.07, 6.45) is 1.21. The number of nitrogens with zero attached hydrogens (tertiary/aromatic N) is 4. The number of halogens is 3. The van der Waals surface area contributed by atoms with E-state index in [1.807, 2.05) is 26.8 Å². The molecule has 2 N–H and O–H groups in total. The average Bonchev–Trinajstić information content (AvgIpc) is 3.16. The van der Waals surface area contributed by atoms with Crippen LogP contribution in [0.3, 0.4) is 0 Å². The van der Waals surface area contributed by atoms with Gasteiger partial charge in [-0.3, -0.25) is 9.98 Å². The SMILES string of the molecule is C/C=C(\C(=NC)Nc1cc(-c2cncc(C)c2)c2c(C#N)c[nH]c2n1)C(F)(F)F.CC. The molecule has 0 saturated heterocycles. The van der Waals surface area contributed by atoms with Crippen molar-refractivity contribution in [3.63, 3.8) is 0 Å². The molecule has 162 valence electrons. The second-order valence-corrected chi connectivity index (χ2v) is 6.24. The first-order chi connectivity index (χ1) is 14.8. The lowest BCUT2D eigenvalue weighted by molar-refractivity contribution is -0.0861. The first-order valence-corrected chi connectivity index (χ1v) is 9.60. The number of nitriles is 1. The van der Waals surface area contributed by atoms with E-state index in [1.165, 1.54) is 20.2 Å². The largest absolute Gasteiger partial charge is 0.419 e. The van der Waals surface area contributed by atoms with E-state index in [0.29, 0.717) is 27.7 Å². The second kappa shape index (κ2) is 9.89. The molecule has 31 heavy (non-hydrogen) atoms. The maximum atomic E-state index is 13.3. The summed E-state index contributed by atoms with van der Waals surface area (Å²) in [5.74, 6) is -0.197. The van der Waals surface area contributed by atoms with Gasteiger partial charge in [0.2, 0.25) is 0 Å². The van der Waals surface area contributed by atoms with Crippen LogP contribution < -0.4 is 5.32 Å². The maximum Gasteiger partial charge on any atom is 0.419 e. The minimum absolute atomic E-state index is 0.157. The molecule has 0 fully saturated rings. The summed E-state index contributed by atoms with van der Waals surface area (Å²) in [4.78, 5) is 15.1. The van der Waals surface area contributed by atoms with Gasteiger partial charge in [-0.25, -0.2) is 4.98 Å². The van der Waals surface area contributed by atoms with Crippen LogP contribution in [-0.2, 0) is 0 Å². The fraction of sp³-hybridized carbons (Fsp3) is 0.273. The Hall–Kier alpha value is -3.67. The number of anilines is 1. The number of pyridine rings is 2. The van der Waals surface area contributed by atoms with Gasteiger partial charge in [0.15, 0.2) is 0 Å². The van der Waals surface area contributed by atoms with E-state index in [-0.39, 0.29) is 11.7 Å². The van der Waals surface area contributed by atoms with Crippen molar-refractivity contribution in [1.82, 2.24) is 15.0 Å². The Morgan fingerprint density at radius 2 is 1.97 bits per heavy atom. The number of rotatable bonds is 3. The van der Waals surface area contributed by atoms with Gasteiger partial charge in [-0.1, -0.05) is 19.9 Å². The molecule has 0 atom stereocenters. The van der Waals surface area contributed by atoms with E-state index in [9.17, 15) is 18.4 Å².